The summed E-state index contributed by atoms with van der Waals surface area (Å²) in [6, 6.07) is 25.3. The van der Waals surface area contributed by atoms with E-state index in [2.05, 4.69) is 10.6 Å². The standard InChI is InChI=1S/C29H24ClN3O5S/c1-18-14-25(26(38-2)17-24(18)30)32-29(35)27(19-8-4-3-5-9-19)39-23-13-7-11-21(16-23)31-28(34)20-10-6-12-22(15-20)33(36)37/h3-17,27H,1-2H3,(H,31,34)(H,32,35). The summed E-state index contributed by atoms with van der Waals surface area (Å²) >= 11 is 7.54. The SMILES string of the molecule is COc1cc(Cl)c(C)cc1NC(=O)C(Sc1cccc(NC(=O)c2cccc([N+](=O)[O-])c2)c1)c1ccccc1. The van der Waals surface area contributed by atoms with Gasteiger partial charge in [-0.05, 0) is 48.4 Å². The zero-order chi connectivity index (χ0) is 27.9. The molecule has 4 aromatic rings. The fourth-order valence-corrected chi connectivity index (χ4v) is 5.01. The van der Waals surface area contributed by atoms with Crippen molar-refractivity contribution in [2.24, 2.45) is 0 Å². The van der Waals surface area contributed by atoms with E-state index in [4.69, 9.17) is 16.3 Å². The number of non-ortho nitro benzene ring substituents is 1. The molecule has 2 N–H and O–H groups in total. The summed E-state index contributed by atoms with van der Waals surface area (Å²) in [7, 11) is 1.51. The van der Waals surface area contributed by atoms with Crippen molar-refractivity contribution in [3.05, 3.63) is 123 Å². The minimum Gasteiger partial charge on any atom is -0.495 e. The van der Waals surface area contributed by atoms with Crippen LogP contribution < -0.4 is 15.4 Å². The number of hydrogen-bond acceptors (Lipinski definition) is 6. The molecule has 4 rings (SSSR count). The van der Waals surface area contributed by atoms with Crippen molar-refractivity contribution in [2.75, 3.05) is 17.7 Å². The Kier molecular flexibility index (Phi) is 8.85. The van der Waals surface area contributed by atoms with E-state index in [9.17, 15) is 19.7 Å². The number of amides is 2. The zero-order valence-corrected chi connectivity index (χ0v) is 22.6. The molecular weight excluding hydrogens is 538 g/mol. The van der Waals surface area contributed by atoms with Crippen LogP contribution in [0.2, 0.25) is 5.02 Å². The number of nitro benzene ring substituents is 1. The molecule has 0 bridgehead atoms. The smallest absolute Gasteiger partial charge is 0.270 e. The van der Waals surface area contributed by atoms with Gasteiger partial charge >= 0.3 is 0 Å². The summed E-state index contributed by atoms with van der Waals surface area (Å²) in [6.45, 7) is 1.84. The topological polar surface area (TPSA) is 111 Å². The summed E-state index contributed by atoms with van der Waals surface area (Å²) in [5.41, 5.74) is 2.56. The van der Waals surface area contributed by atoms with E-state index < -0.39 is 16.1 Å². The molecule has 39 heavy (non-hydrogen) atoms. The van der Waals surface area contributed by atoms with Crippen molar-refractivity contribution in [3.8, 4) is 5.75 Å². The van der Waals surface area contributed by atoms with Crippen LogP contribution in [-0.2, 0) is 4.79 Å². The molecule has 198 valence electrons. The van der Waals surface area contributed by atoms with Gasteiger partial charge in [-0.2, -0.15) is 0 Å². The predicted molar refractivity (Wildman–Crippen MR) is 154 cm³/mol. The normalized spacial score (nSPS) is 11.4. The molecule has 0 saturated carbocycles. The second kappa shape index (κ2) is 12.5. The van der Waals surface area contributed by atoms with Gasteiger partial charge in [-0.15, -0.1) is 11.8 Å². The van der Waals surface area contributed by atoms with Gasteiger partial charge in [-0.25, -0.2) is 0 Å². The van der Waals surface area contributed by atoms with Gasteiger partial charge in [0.25, 0.3) is 11.6 Å². The summed E-state index contributed by atoms with van der Waals surface area (Å²) in [5.74, 6) is -0.303. The molecule has 8 nitrogen and oxygen atoms in total. The number of carbonyl (C=O) groups excluding carboxylic acids is 2. The quantitative estimate of drug-likeness (QED) is 0.126. The van der Waals surface area contributed by atoms with E-state index in [0.717, 1.165) is 16.0 Å². The van der Waals surface area contributed by atoms with E-state index in [1.54, 1.807) is 30.3 Å². The number of benzene rings is 4. The second-order valence-electron chi connectivity index (χ2n) is 8.49. The third-order valence-corrected chi connectivity index (χ3v) is 7.40. The van der Waals surface area contributed by atoms with E-state index in [-0.39, 0.29) is 17.2 Å². The number of methoxy groups -OCH3 is 1. The third kappa shape index (κ3) is 6.95. The Morgan fingerprint density at radius 3 is 2.41 bits per heavy atom. The second-order valence-corrected chi connectivity index (χ2v) is 10.1. The Morgan fingerprint density at radius 2 is 1.69 bits per heavy atom. The molecule has 4 aromatic carbocycles. The predicted octanol–water partition coefficient (Wildman–Crippen LogP) is 7.29. The number of thioether (sulfide) groups is 1. The molecule has 0 heterocycles. The average molecular weight is 562 g/mol. The van der Waals surface area contributed by atoms with Gasteiger partial charge in [0.05, 0.1) is 17.7 Å². The maximum Gasteiger partial charge on any atom is 0.270 e. The van der Waals surface area contributed by atoms with Crippen LogP contribution in [0.3, 0.4) is 0 Å². The van der Waals surface area contributed by atoms with Crippen LogP contribution in [-0.4, -0.2) is 23.8 Å². The van der Waals surface area contributed by atoms with Gasteiger partial charge in [0.2, 0.25) is 5.91 Å². The fourth-order valence-electron chi connectivity index (χ4n) is 3.78. The van der Waals surface area contributed by atoms with Crippen molar-refractivity contribution in [3.63, 3.8) is 0 Å². The number of nitro groups is 1. The molecule has 1 unspecified atom stereocenters. The Bertz CT molecular complexity index is 1530. The molecule has 10 heteroatoms. The number of nitrogens with zero attached hydrogens (tertiary/aromatic N) is 1. The third-order valence-electron chi connectivity index (χ3n) is 5.74. The molecule has 0 aliphatic carbocycles. The minimum atomic E-state index is -0.630. The summed E-state index contributed by atoms with van der Waals surface area (Å²) in [4.78, 5) is 37.6. The lowest BCUT2D eigenvalue weighted by molar-refractivity contribution is -0.384. The van der Waals surface area contributed by atoms with Crippen molar-refractivity contribution in [1.82, 2.24) is 0 Å². The highest BCUT2D eigenvalue weighted by Crippen LogP contribution is 2.39. The van der Waals surface area contributed by atoms with Crippen LogP contribution in [0.1, 0.15) is 26.7 Å². The highest BCUT2D eigenvalue weighted by Gasteiger charge is 2.24. The fraction of sp³-hybridized carbons (Fsp3) is 0.103. The molecule has 0 saturated heterocycles. The van der Waals surface area contributed by atoms with Crippen molar-refractivity contribution in [1.29, 1.82) is 0 Å². The summed E-state index contributed by atoms with van der Waals surface area (Å²) in [6.07, 6.45) is 0. The van der Waals surface area contributed by atoms with E-state index >= 15 is 0 Å². The zero-order valence-electron chi connectivity index (χ0n) is 21.0. The molecule has 0 radical (unpaired) electrons. The van der Waals surface area contributed by atoms with Crippen LogP contribution in [0.25, 0.3) is 0 Å². The lowest BCUT2D eigenvalue weighted by atomic mass is 10.1. The minimum absolute atomic E-state index is 0.163. The summed E-state index contributed by atoms with van der Waals surface area (Å²) < 4.78 is 5.41. The maximum absolute atomic E-state index is 13.6. The number of carbonyl (C=O) groups is 2. The van der Waals surface area contributed by atoms with Gasteiger partial charge in [0.15, 0.2) is 0 Å². The largest absolute Gasteiger partial charge is 0.495 e. The van der Waals surface area contributed by atoms with Crippen LogP contribution in [0.4, 0.5) is 17.1 Å². The van der Waals surface area contributed by atoms with Crippen LogP contribution in [0, 0.1) is 17.0 Å². The summed E-state index contributed by atoms with van der Waals surface area (Å²) in [5, 5.41) is 16.7. The highest BCUT2D eigenvalue weighted by atomic mass is 35.5. The average Bonchev–Trinajstić information content (AvgIpc) is 2.94. The van der Waals surface area contributed by atoms with E-state index in [1.165, 1.54) is 43.1 Å². The first-order valence-corrected chi connectivity index (χ1v) is 13.0. The number of halogens is 1. The molecule has 2 amide bonds. The molecule has 1 atom stereocenters. The maximum atomic E-state index is 13.6. The molecule has 0 fully saturated rings. The lowest BCUT2D eigenvalue weighted by Gasteiger charge is -2.19. The molecule has 0 aromatic heterocycles. The van der Waals surface area contributed by atoms with Crippen LogP contribution >= 0.6 is 23.4 Å². The number of nitrogens with one attached hydrogen (secondary N) is 2. The van der Waals surface area contributed by atoms with Gasteiger partial charge in [-0.3, -0.25) is 19.7 Å². The highest BCUT2D eigenvalue weighted by molar-refractivity contribution is 8.00. The van der Waals surface area contributed by atoms with Gasteiger partial charge in [0, 0.05) is 39.4 Å². The molecule has 0 aliphatic heterocycles. The van der Waals surface area contributed by atoms with Crippen LogP contribution in [0.15, 0.2) is 95.9 Å². The molecular formula is C29H24ClN3O5S. The monoisotopic (exact) mass is 561 g/mol. The Hall–Kier alpha value is -4.34. The van der Waals surface area contributed by atoms with Crippen molar-refractivity contribution >= 4 is 52.2 Å². The van der Waals surface area contributed by atoms with Crippen LogP contribution in [0.5, 0.6) is 5.75 Å². The Balaban J connectivity index is 1.57. The van der Waals surface area contributed by atoms with Crippen molar-refractivity contribution in [2.45, 2.75) is 17.1 Å². The van der Waals surface area contributed by atoms with E-state index in [1.807, 2.05) is 43.3 Å². The number of hydrogen-bond donors (Lipinski definition) is 2. The van der Waals surface area contributed by atoms with Gasteiger partial charge in [-0.1, -0.05) is 54.1 Å². The van der Waals surface area contributed by atoms with Gasteiger partial charge in [0.1, 0.15) is 11.0 Å². The first-order chi connectivity index (χ1) is 18.7. The number of ether oxygens (including phenoxy) is 1. The number of aryl methyl sites for hydroxylation is 1. The first kappa shape index (κ1) is 27.7. The number of rotatable bonds is 9. The lowest BCUT2D eigenvalue weighted by Crippen LogP contribution is -2.19. The molecule has 0 spiro atoms. The van der Waals surface area contributed by atoms with E-state index in [0.29, 0.717) is 22.1 Å². The Morgan fingerprint density at radius 1 is 0.949 bits per heavy atom. The molecule has 0 aliphatic rings. The Labute approximate surface area is 234 Å². The first-order valence-electron chi connectivity index (χ1n) is 11.8. The number of anilines is 2. The van der Waals surface area contributed by atoms with Crippen molar-refractivity contribution < 1.29 is 19.2 Å². The van der Waals surface area contributed by atoms with Gasteiger partial charge < -0.3 is 15.4 Å².